The number of benzene rings is 2. The molecule has 2 aliphatic heterocycles. The average molecular weight is 791 g/mol. The second-order valence-electron chi connectivity index (χ2n) is 14.2. The monoisotopic (exact) mass is 790 g/mol. The highest BCUT2D eigenvalue weighted by atomic mass is 32.1. The van der Waals surface area contributed by atoms with E-state index in [9.17, 15) is 19.2 Å². The molecule has 6 nitrogen and oxygen atoms in total. The molecular formula is C44H42N2O4S4. The van der Waals surface area contributed by atoms with Gasteiger partial charge >= 0.3 is 0 Å². The summed E-state index contributed by atoms with van der Waals surface area (Å²) in [5, 5.41) is 0.863. The van der Waals surface area contributed by atoms with Crippen LogP contribution in [0.2, 0.25) is 0 Å². The van der Waals surface area contributed by atoms with E-state index in [4.69, 9.17) is 0 Å². The number of unbranched alkanes of at least 4 members (excludes halogenated alkanes) is 6. The van der Waals surface area contributed by atoms with Crippen molar-refractivity contribution in [2.75, 3.05) is 13.1 Å². The van der Waals surface area contributed by atoms with E-state index in [1.54, 1.807) is 45.3 Å². The molecule has 0 fully saturated rings. The highest BCUT2D eigenvalue weighted by Gasteiger charge is 2.43. The van der Waals surface area contributed by atoms with Crippen molar-refractivity contribution in [1.82, 2.24) is 9.80 Å². The predicted octanol–water partition coefficient (Wildman–Crippen LogP) is 12.7. The van der Waals surface area contributed by atoms with E-state index in [0.29, 0.717) is 70.1 Å². The van der Waals surface area contributed by atoms with Crippen LogP contribution in [-0.4, -0.2) is 46.5 Å². The van der Waals surface area contributed by atoms with E-state index in [-0.39, 0.29) is 23.6 Å². The molecule has 0 N–H and O–H groups in total. The Balaban J connectivity index is 1.38. The Kier molecular flexibility index (Phi) is 10.3. The standard InChI is InChI=1S/C44H42N2O4S4/c1-5-7-9-11-21-45-41(47)29-23-28(32-18-20-36(54-32)34-16-14-26(4)52-34)40-38-30(42(48)46(44(40)50)22-12-10-8-6-2)24-27(39(37(29)38)43(45)49)31-17-19-35(53-31)33-15-13-25(3)51-33/h13-20,23-24H,5-12,21-22H2,1-4H3. The number of imide groups is 2. The Morgan fingerprint density at radius 3 is 1.17 bits per heavy atom. The minimum atomic E-state index is -0.367. The van der Waals surface area contributed by atoms with Gasteiger partial charge in [-0.1, -0.05) is 52.4 Å². The molecule has 0 radical (unpaired) electrons. The minimum Gasteiger partial charge on any atom is -0.274 e. The van der Waals surface area contributed by atoms with Gasteiger partial charge in [-0.25, -0.2) is 0 Å². The van der Waals surface area contributed by atoms with Crippen molar-refractivity contribution in [2.45, 2.75) is 79.1 Å². The lowest BCUT2D eigenvalue weighted by atomic mass is 9.80. The number of hydrogen-bond donors (Lipinski definition) is 0. The molecule has 2 aromatic carbocycles. The molecule has 0 saturated heterocycles. The van der Waals surface area contributed by atoms with Crippen LogP contribution in [0.3, 0.4) is 0 Å². The van der Waals surface area contributed by atoms with Crippen LogP contribution < -0.4 is 0 Å². The molecule has 6 aromatic rings. The zero-order valence-corrected chi connectivity index (χ0v) is 34.3. The van der Waals surface area contributed by atoms with E-state index in [1.165, 1.54) is 19.6 Å². The van der Waals surface area contributed by atoms with Gasteiger partial charge in [-0.2, -0.15) is 0 Å². The summed E-state index contributed by atoms with van der Waals surface area (Å²) in [6, 6.07) is 20.3. The highest BCUT2D eigenvalue weighted by Crippen LogP contribution is 2.49. The maximum absolute atomic E-state index is 14.8. The number of nitrogens with zero attached hydrogens (tertiary/aromatic N) is 2. The molecule has 0 saturated carbocycles. The molecule has 10 heteroatoms. The van der Waals surface area contributed by atoms with E-state index < -0.39 is 0 Å². The molecule has 276 valence electrons. The maximum atomic E-state index is 14.8. The lowest BCUT2D eigenvalue weighted by Crippen LogP contribution is -2.44. The van der Waals surface area contributed by atoms with Crippen molar-refractivity contribution in [2.24, 2.45) is 0 Å². The highest BCUT2D eigenvalue weighted by molar-refractivity contribution is 7.24. The summed E-state index contributed by atoms with van der Waals surface area (Å²) in [6.07, 6.45) is 7.37. The van der Waals surface area contributed by atoms with Crippen molar-refractivity contribution in [3.63, 3.8) is 0 Å². The molecule has 0 unspecified atom stereocenters. The summed E-state index contributed by atoms with van der Waals surface area (Å²) in [5.74, 6) is -1.46. The smallest absolute Gasteiger partial charge is 0.262 e. The summed E-state index contributed by atoms with van der Waals surface area (Å²) in [6.45, 7) is 9.06. The molecule has 8 rings (SSSR count). The third-order valence-corrected chi connectivity index (χ3v) is 15.1. The van der Waals surface area contributed by atoms with Crippen molar-refractivity contribution >= 4 is 79.7 Å². The second-order valence-corrected chi connectivity index (χ2v) is 19.0. The second kappa shape index (κ2) is 15.1. The third-order valence-electron chi connectivity index (χ3n) is 10.5. The molecule has 2 aliphatic rings. The lowest BCUT2D eigenvalue weighted by Gasteiger charge is -2.34. The summed E-state index contributed by atoms with van der Waals surface area (Å²) in [5.41, 5.74) is 2.83. The van der Waals surface area contributed by atoms with Crippen molar-refractivity contribution < 1.29 is 19.2 Å². The van der Waals surface area contributed by atoms with Gasteiger partial charge in [-0.05, 0) is 87.4 Å². The van der Waals surface area contributed by atoms with Crippen molar-refractivity contribution in [3.05, 3.63) is 92.7 Å². The Labute approximate surface area is 332 Å². The number of amides is 4. The molecule has 6 heterocycles. The largest absolute Gasteiger partial charge is 0.274 e. The molecule has 4 amide bonds. The molecule has 54 heavy (non-hydrogen) atoms. The fourth-order valence-corrected chi connectivity index (χ4v) is 11.7. The normalized spacial score (nSPS) is 14.0. The number of thiophene rings is 4. The first kappa shape index (κ1) is 36.7. The lowest BCUT2D eigenvalue weighted by molar-refractivity contribution is 0.0587. The van der Waals surface area contributed by atoms with Gasteiger partial charge in [0.2, 0.25) is 0 Å². The number of hydrogen-bond acceptors (Lipinski definition) is 8. The van der Waals surface area contributed by atoms with Crippen LogP contribution in [0, 0.1) is 13.8 Å². The third kappa shape index (κ3) is 6.40. The number of carbonyl (C=O) groups excluding carboxylic acids is 4. The number of rotatable bonds is 14. The SMILES string of the molecule is CCCCCCN1C(=O)c2cc(-c3ccc(-c4ccc(C)s4)s3)c3c4c(cc(-c5ccc(-c6ccc(C)s6)s5)c(c24)C1=O)C(=O)N(CCCCCC)C3=O. The number of carbonyl (C=O) groups is 4. The zero-order valence-electron chi connectivity index (χ0n) is 31.0. The van der Waals surface area contributed by atoms with Gasteiger partial charge in [0, 0.05) is 85.1 Å². The fourth-order valence-electron chi connectivity index (χ4n) is 7.71. The average Bonchev–Trinajstić information content (AvgIpc) is 4.00. The predicted molar refractivity (Wildman–Crippen MR) is 226 cm³/mol. The minimum absolute atomic E-state index is 0.311. The topological polar surface area (TPSA) is 74.8 Å². The molecule has 4 aromatic heterocycles. The Morgan fingerprint density at radius 2 is 0.796 bits per heavy atom. The van der Waals surface area contributed by atoms with Gasteiger partial charge in [-0.15, -0.1) is 45.3 Å². The van der Waals surface area contributed by atoms with Gasteiger partial charge in [0.15, 0.2) is 0 Å². The van der Waals surface area contributed by atoms with Crippen molar-refractivity contribution in [1.29, 1.82) is 0 Å². The zero-order chi connectivity index (χ0) is 37.7. The Bertz CT molecular complexity index is 2290. The van der Waals surface area contributed by atoms with Gasteiger partial charge in [0.1, 0.15) is 0 Å². The maximum Gasteiger partial charge on any atom is 0.262 e. The number of aryl methyl sites for hydroxylation is 2. The van der Waals surface area contributed by atoms with E-state index >= 15 is 0 Å². The molecular weight excluding hydrogens is 749 g/mol. The van der Waals surface area contributed by atoms with Gasteiger partial charge in [0.05, 0.1) is 11.1 Å². The molecule has 0 bridgehead atoms. The van der Waals surface area contributed by atoms with Crippen LogP contribution >= 0.6 is 45.3 Å². The van der Waals surface area contributed by atoms with Crippen LogP contribution in [-0.2, 0) is 0 Å². The van der Waals surface area contributed by atoms with Crippen LogP contribution in [0.1, 0.15) is 116 Å². The summed E-state index contributed by atoms with van der Waals surface area (Å²) < 4.78 is 0. The molecule has 0 spiro atoms. The first-order valence-electron chi connectivity index (χ1n) is 18.9. The summed E-state index contributed by atoms with van der Waals surface area (Å²) in [7, 11) is 0. The van der Waals surface area contributed by atoms with Gasteiger partial charge in [0.25, 0.3) is 23.6 Å². The Hall–Kier alpha value is -4.22. The van der Waals surface area contributed by atoms with Gasteiger partial charge in [-0.3, -0.25) is 29.0 Å². The first-order valence-corrected chi connectivity index (χ1v) is 22.2. The first-order chi connectivity index (χ1) is 26.2. The van der Waals surface area contributed by atoms with Crippen LogP contribution in [0.5, 0.6) is 0 Å². The van der Waals surface area contributed by atoms with Crippen LogP contribution in [0.25, 0.3) is 51.2 Å². The Morgan fingerprint density at radius 1 is 0.426 bits per heavy atom. The summed E-state index contributed by atoms with van der Waals surface area (Å²) in [4.78, 5) is 70.1. The van der Waals surface area contributed by atoms with Gasteiger partial charge < -0.3 is 0 Å². The molecule has 0 aliphatic carbocycles. The van der Waals surface area contributed by atoms with Crippen LogP contribution in [0.4, 0.5) is 0 Å². The molecule has 0 atom stereocenters. The quantitative estimate of drug-likeness (QED) is 0.0813. The van der Waals surface area contributed by atoms with E-state index in [1.807, 2.05) is 24.3 Å². The van der Waals surface area contributed by atoms with E-state index in [2.05, 4.69) is 64.1 Å². The van der Waals surface area contributed by atoms with Crippen LogP contribution in [0.15, 0.2) is 60.7 Å². The van der Waals surface area contributed by atoms with Crippen molar-refractivity contribution in [3.8, 4) is 40.4 Å². The van der Waals surface area contributed by atoms with E-state index in [0.717, 1.165) is 67.8 Å². The summed E-state index contributed by atoms with van der Waals surface area (Å²) >= 11 is 6.59. The fraction of sp³-hybridized carbons (Fsp3) is 0.318.